The average Bonchev–Trinajstić information content (AvgIpc) is 3.44. The standard InChI is InChI=1S/C24H37N7O/c1-18(19-9-5-4-6-10-19)29-24(13-7-8-14-24)17-26-23(25-2)27-20-11-12-22-28-21(16-32-3)30-31(22)15-20/h4-6,9-10,18,20,29H,7-8,11-17H2,1-3H3,(H2,25,26,27). The number of hydrogen-bond donors (Lipinski definition) is 3. The van der Waals surface area contributed by atoms with E-state index in [-0.39, 0.29) is 11.6 Å². The molecule has 1 saturated carbocycles. The predicted molar refractivity (Wildman–Crippen MR) is 127 cm³/mol. The Hall–Kier alpha value is -2.45. The molecule has 32 heavy (non-hydrogen) atoms. The van der Waals surface area contributed by atoms with Crippen molar-refractivity contribution in [2.75, 3.05) is 20.7 Å². The quantitative estimate of drug-likeness (QED) is 0.433. The second-order valence-electron chi connectivity index (χ2n) is 9.13. The van der Waals surface area contributed by atoms with E-state index >= 15 is 0 Å². The van der Waals surface area contributed by atoms with Crippen molar-refractivity contribution in [1.29, 1.82) is 0 Å². The molecule has 1 aromatic heterocycles. The van der Waals surface area contributed by atoms with Gasteiger partial charge in [0.2, 0.25) is 0 Å². The molecule has 1 aromatic carbocycles. The van der Waals surface area contributed by atoms with Crippen molar-refractivity contribution in [3.8, 4) is 0 Å². The van der Waals surface area contributed by atoms with Crippen molar-refractivity contribution in [3.63, 3.8) is 0 Å². The lowest BCUT2D eigenvalue weighted by molar-refractivity contribution is 0.177. The van der Waals surface area contributed by atoms with E-state index in [2.05, 4.69) is 68.3 Å². The van der Waals surface area contributed by atoms with E-state index in [9.17, 15) is 0 Å². The second kappa shape index (κ2) is 10.4. The molecule has 1 aliphatic heterocycles. The number of aromatic nitrogens is 3. The van der Waals surface area contributed by atoms with Gasteiger partial charge < -0.3 is 20.7 Å². The number of methoxy groups -OCH3 is 1. The molecule has 2 heterocycles. The normalized spacial score (nSPS) is 21.2. The number of rotatable bonds is 8. The third-order valence-electron chi connectivity index (χ3n) is 6.72. The van der Waals surface area contributed by atoms with Gasteiger partial charge >= 0.3 is 0 Å². The third kappa shape index (κ3) is 5.48. The van der Waals surface area contributed by atoms with E-state index in [1.165, 1.54) is 31.2 Å². The van der Waals surface area contributed by atoms with Crippen molar-refractivity contribution in [2.45, 2.75) is 76.2 Å². The van der Waals surface area contributed by atoms with Gasteiger partial charge in [0.25, 0.3) is 0 Å². The van der Waals surface area contributed by atoms with Crippen LogP contribution in [0.5, 0.6) is 0 Å². The Balaban J connectivity index is 1.33. The van der Waals surface area contributed by atoms with Crippen LogP contribution < -0.4 is 16.0 Å². The van der Waals surface area contributed by atoms with Crippen LogP contribution in [0.15, 0.2) is 35.3 Å². The van der Waals surface area contributed by atoms with E-state index < -0.39 is 0 Å². The van der Waals surface area contributed by atoms with Gasteiger partial charge in [-0.3, -0.25) is 4.99 Å². The highest BCUT2D eigenvalue weighted by atomic mass is 16.5. The van der Waals surface area contributed by atoms with Crippen molar-refractivity contribution >= 4 is 5.96 Å². The number of aliphatic imine (C=N–C) groups is 1. The summed E-state index contributed by atoms with van der Waals surface area (Å²) in [7, 11) is 3.52. The lowest BCUT2D eigenvalue weighted by atomic mass is 9.94. The molecule has 4 rings (SSSR count). The summed E-state index contributed by atoms with van der Waals surface area (Å²) in [5, 5.41) is 15.7. The van der Waals surface area contributed by atoms with E-state index in [0.29, 0.717) is 12.6 Å². The first-order valence-corrected chi connectivity index (χ1v) is 11.8. The first-order chi connectivity index (χ1) is 15.6. The first-order valence-electron chi connectivity index (χ1n) is 11.8. The fourth-order valence-corrected chi connectivity index (χ4v) is 5.02. The van der Waals surface area contributed by atoms with Crippen molar-refractivity contribution in [3.05, 3.63) is 47.5 Å². The molecule has 2 unspecified atom stereocenters. The van der Waals surface area contributed by atoms with Gasteiger partial charge in [-0.05, 0) is 31.7 Å². The van der Waals surface area contributed by atoms with Crippen molar-refractivity contribution in [1.82, 2.24) is 30.7 Å². The Kier molecular flexibility index (Phi) is 7.42. The maximum Gasteiger partial charge on any atom is 0.191 e. The van der Waals surface area contributed by atoms with Crippen molar-refractivity contribution < 1.29 is 4.74 Å². The molecule has 0 radical (unpaired) electrons. The summed E-state index contributed by atoms with van der Waals surface area (Å²) in [6.45, 7) is 4.38. The Labute approximate surface area is 191 Å². The molecule has 3 N–H and O–H groups in total. The summed E-state index contributed by atoms with van der Waals surface area (Å²) < 4.78 is 7.18. The molecule has 0 saturated heterocycles. The summed E-state index contributed by atoms with van der Waals surface area (Å²) in [5.41, 5.74) is 1.42. The Morgan fingerprint density at radius 1 is 1.28 bits per heavy atom. The van der Waals surface area contributed by atoms with Gasteiger partial charge in [0, 0.05) is 44.7 Å². The van der Waals surface area contributed by atoms with Crippen LogP contribution in [0.2, 0.25) is 0 Å². The van der Waals surface area contributed by atoms with Crippen LogP contribution in [0, 0.1) is 0 Å². The highest BCUT2D eigenvalue weighted by Crippen LogP contribution is 2.31. The molecule has 2 atom stereocenters. The van der Waals surface area contributed by atoms with Gasteiger partial charge in [-0.15, -0.1) is 0 Å². The molecular formula is C24H37N7O. The molecule has 174 valence electrons. The summed E-state index contributed by atoms with van der Waals surface area (Å²) in [6.07, 6.45) is 6.82. The van der Waals surface area contributed by atoms with Crippen LogP contribution in [0.1, 0.15) is 62.3 Å². The highest BCUT2D eigenvalue weighted by molar-refractivity contribution is 5.80. The third-order valence-corrected chi connectivity index (χ3v) is 6.72. The van der Waals surface area contributed by atoms with Crippen LogP contribution in [0.3, 0.4) is 0 Å². The van der Waals surface area contributed by atoms with Gasteiger partial charge in [-0.25, -0.2) is 9.67 Å². The summed E-state index contributed by atoms with van der Waals surface area (Å²) >= 11 is 0. The van der Waals surface area contributed by atoms with Gasteiger partial charge in [0.15, 0.2) is 11.8 Å². The van der Waals surface area contributed by atoms with Crippen molar-refractivity contribution in [2.24, 2.45) is 4.99 Å². The van der Waals surface area contributed by atoms with E-state index in [1.807, 2.05) is 11.7 Å². The van der Waals surface area contributed by atoms with Crippen LogP contribution in [-0.4, -0.2) is 53.0 Å². The lowest BCUT2D eigenvalue weighted by Crippen LogP contribution is -2.55. The van der Waals surface area contributed by atoms with E-state index in [0.717, 1.165) is 43.5 Å². The Bertz CT molecular complexity index is 889. The molecule has 8 nitrogen and oxygen atoms in total. The van der Waals surface area contributed by atoms with Crippen LogP contribution in [0.4, 0.5) is 0 Å². The number of aryl methyl sites for hydroxylation is 1. The van der Waals surface area contributed by atoms with E-state index in [4.69, 9.17) is 4.74 Å². The number of nitrogens with zero attached hydrogens (tertiary/aromatic N) is 4. The monoisotopic (exact) mass is 439 g/mol. The highest BCUT2D eigenvalue weighted by Gasteiger charge is 2.35. The maximum atomic E-state index is 5.17. The largest absolute Gasteiger partial charge is 0.377 e. The number of guanidine groups is 1. The molecule has 0 spiro atoms. The number of ether oxygens (including phenoxy) is 1. The molecule has 0 amide bonds. The number of nitrogens with one attached hydrogen (secondary N) is 3. The summed E-state index contributed by atoms with van der Waals surface area (Å²) in [6, 6.07) is 11.3. The first kappa shape index (κ1) is 22.7. The molecular weight excluding hydrogens is 402 g/mol. The fourth-order valence-electron chi connectivity index (χ4n) is 5.02. The van der Waals surface area contributed by atoms with E-state index in [1.54, 1.807) is 7.11 Å². The minimum atomic E-state index is 0.0908. The second-order valence-corrected chi connectivity index (χ2v) is 9.13. The van der Waals surface area contributed by atoms with Gasteiger partial charge in [-0.1, -0.05) is 43.2 Å². The molecule has 8 heteroatoms. The van der Waals surface area contributed by atoms with Gasteiger partial charge in [0.05, 0.1) is 6.54 Å². The minimum absolute atomic E-state index is 0.0908. The Morgan fingerprint density at radius 3 is 2.78 bits per heavy atom. The number of benzene rings is 1. The molecule has 0 bridgehead atoms. The number of fused-ring (bicyclic) bond motifs is 1. The van der Waals surface area contributed by atoms with Crippen LogP contribution >= 0.6 is 0 Å². The van der Waals surface area contributed by atoms with Crippen LogP contribution in [-0.2, 0) is 24.3 Å². The molecule has 2 aliphatic rings. The summed E-state index contributed by atoms with van der Waals surface area (Å²) in [4.78, 5) is 9.07. The molecule has 1 fully saturated rings. The average molecular weight is 440 g/mol. The maximum absolute atomic E-state index is 5.17. The predicted octanol–water partition coefficient (Wildman–Crippen LogP) is 2.57. The molecule has 1 aliphatic carbocycles. The lowest BCUT2D eigenvalue weighted by Gasteiger charge is -2.35. The van der Waals surface area contributed by atoms with Gasteiger partial charge in [0.1, 0.15) is 12.4 Å². The zero-order chi connectivity index (χ0) is 22.4. The Morgan fingerprint density at radius 2 is 2.06 bits per heavy atom. The topological polar surface area (TPSA) is 88.4 Å². The molecule has 2 aromatic rings. The minimum Gasteiger partial charge on any atom is -0.377 e. The smallest absolute Gasteiger partial charge is 0.191 e. The number of hydrogen-bond acceptors (Lipinski definition) is 5. The summed E-state index contributed by atoms with van der Waals surface area (Å²) in [5.74, 6) is 2.66. The SMILES string of the molecule is CN=C(NCC1(NC(C)c2ccccc2)CCCC1)NC1CCc2nc(COC)nn2C1. The zero-order valence-electron chi connectivity index (χ0n) is 19.6. The van der Waals surface area contributed by atoms with Gasteiger partial charge in [-0.2, -0.15) is 5.10 Å². The zero-order valence-corrected chi connectivity index (χ0v) is 19.6. The van der Waals surface area contributed by atoms with Crippen LogP contribution in [0.25, 0.3) is 0 Å². The fraction of sp³-hybridized carbons (Fsp3) is 0.625.